The largest absolute Gasteiger partial charge is 0.467 e. The number of carboxylic acid groups (broad SMARTS) is 1. The summed E-state index contributed by atoms with van der Waals surface area (Å²) in [7, 11) is 1.27. The van der Waals surface area contributed by atoms with Crippen LogP contribution in [0.3, 0.4) is 0 Å². The van der Waals surface area contributed by atoms with Gasteiger partial charge < -0.3 is 20.5 Å². The summed E-state index contributed by atoms with van der Waals surface area (Å²) in [5, 5.41) is 10.3. The summed E-state index contributed by atoms with van der Waals surface area (Å²) < 4.78 is 4.93. The second kappa shape index (κ2) is 8.07. The first-order chi connectivity index (χ1) is 14.0. The molecular weight excluding hydrogens is 410 g/mol. The molecular formula is C21H28ClN3O5. The standard InChI is InChI=1S/C21H28ClN3O5/c1-21(2,3)17(23)18(26)24-9-11(8-15(24)19(27)30-4)16-12-6-5-7-14(22)13(12)10-25(16)20(28)29/h5-7,11,15-17H,8-10,23H2,1-4H3,(H,28,29)/t11-,15+,16?,17?/m1/s1. The predicted octanol–water partition coefficient (Wildman–Crippen LogP) is 2.64. The van der Waals surface area contributed by atoms with Crippen molar-refractivity contribution in [2.45, 2.75) is 51.9 Å². The third kappa shape index (κ3) is 3.86. The van der Waals surface area contributed by atoms with Crippen LogP contribution in [-0.2, 0) is 20.9 Å². The van der Waals surface area contributed by atoms with Crippen LogP contribution in [-0.4, -0.2) is 58.6 Å². The van der Waals surface area contributed by atoms with Crippen molar-refractivity contribution in [3.05, 3.63) is 34.3 Å². The molecule has 2 aliphatic rings. The van der Waals surface area contributed by atoms with Crippen LogP contribution in [0.15, 0.2) is 18.2 Å². The van der Waals surface area contributed by atoms with Crippen LogP contribution < -0.4 is 5.73 Å². The Morgan fingerprint density at radius 3 is 2.50 bits per heavy atom. The molecule has 2 amide bonds. The number of carbonyl (C=O) groups excluding carboxylic acids is 2. The lowest BCUT2D eigenvalue weighted by atomic mass is 9.86. The molecule has 164 valence electrons. The number of methoxy groups -OCH3 is 1. The maximum absolute atomic E-state index is 13.1. The monoisotopic (exact) mass is 437 g/mol. The minimum atomic E-state index is -1.07. The molecule has 8 nitrogen and oxygen atoms in total. The van der Waals surface area contributed by atoms with E-state index in [4.69, 9.17) is 22.1 Å². The smallest absolute Gasteiger partial charge is 0.408 e. The van der Waals surface area contributed by atoms with Gasteiger partial charge in [-0.2, -0.15) is 0 Å². The van der Waals surface area contributed by atoms with E-state index in [2.05, 4.69) is 0 Å². The number of hydrogen-bond donors (Lipinski definition) is 2. The molecule has 0 bridgehead atoms. The zero-order valence-corrected chi connectivity index (χ0v) is 18.3. The minimum Gasteiger partial charge on any atom is -0.467 e. The first-order valence-electron chi connectivity index (χ1n) is 9.88. The van der Waals surface area contributed by atoms with E-state index in [1.165, 1.54) is 16.9 Å². The van der Waals surface area contributed by atoms with E-state index in [-0.39, 0.29) is 31.3 Å². The highest BCUT2D eigenvalue weighted by Gasteiger charge is 2.49. The van der Waals surface area contributed by atoms with Crippen molar-refractivity contribution < 1.29 is 24.2 Å². The van der Waals surface area contributed by atoms with Crippen LogP contribution in [0.5, 0.6) is 0 Å². The normalized spacial score (nSPS) is 24.5. The molecule has 0 spiro atoms. The predicted molar refractivity (Wildman–Crippen MR) is 111 cm³/mol. The Morgan fingerprint density at radius 1 is 1.27 bits per heavy atom. The van der Waals surface area contributed by atoms with Gasteiger partial charge in [-0.3, -0.25) is 9.69 Å². The molecule has 2 aliphatic heterocycles. The van der Waals surface area contributed by atoms with Gasteiger partial charge in [0.1, 0.15) is 6.04 Å². The van der Waals surface area contributed by atoms with Gasteiger partial charge in [-0.05, 0) is 29.0 Å². The molecule has 3 rings (SSSR count). The van der Waals surface area contributed by atoms with E-state index in [1.54, 1.807) is 12.1 Å². The van der Waals surface area contributed by atoms with Gasteiger partial charge >= 0.3 is 12.1 Å². The van der Waals surface area contributed by atoms with Gasteiger partial charge in [0.15, 0.2) is 0 Å². The summed E-state index contributed by atoms with van der Waals surface area (Å²) in [4.78, 5) is 40.4. The fraction of sp³-hybridized carbons (Fsp3) is 0.571. The molecule has 1 saturated heterocycles. The Labute approximate surface area is 180 Å². The lowest BCUT2D eigenvalue weighted by Crippen LogP contribution is -2.53. The number of hydrogen-bond acceptors (Lipinski definition) is 5. The zero-order chi connectivity index (χ0) is 22.4. The zero-order valence-electron chi connectivity index (χ0n) is 17.6. The van der Waals surface area contributed by atoms with E-state index in [9.17, 15) is 19.5 Å². The Kier molecular flexibility index (Phi) is 6.02. The second-order valence-electron chi connectivity index (χ2n) is 9.03. The fourth-order valence-corrected chi connectivity index (χ4v) is 4.64. The van der Waals surface area contributed by atoms with Crippen molar-refractivity contribution in [3.63, 3.8) is 0 Å². The molecule has 4 atom stereocenters. The summed E-state index contributed by atoms with van der Waals surface area (Å²) >= 11 is 6.31. The Bertz CT molecular complexity index is 869. The number of rotatable bonds is 3. The van der Waals surface area contributed by atoms with E-state index >= 15 is 0 Å². The number of ether oxygens (including phenoxy) is 1. The molecule has 0 aliphatic carbocycles. The molecule has 2 unspecified atom stereocenters. The van der Waals surface area contributed by atoms with Crippen LogP contribution >= 0.6 is 11.6 Å². The first kappa shape index (κ1) is 22.4. The number of amides is 2. The Balaban J connectivity index is 1.97. The molecule has 1 aromatic carbocycles. The minimum absolute atomic E-state index is 0.170. The van der Waals surface area contributed by atoms with E-state index in [0.29, 0.717) is 5.02 Å². The molecule has 9 heteroatoms. The summed E-state index contributed by atoms with van der Waals surface area (Å²) in [6, 6.07) is 3.25. The molecule has 0 aromatic heterocycles. The molecule has 3 N–H and O–H groups in total. The van der Waals surface area contributed by atoms with Crippen molar-refractivity contribution in [1.82, 2.24) is 9.80 Å². The van der Waals surface area contributed by atoms with Gasteiger partial charge in [0.05, 0.1) is 25.7 Å². The average Bonchev–Trinajstić information content (AvgIpc) is 3.28. The van der Waals surface area contributed by atoms with Gasteiger partial charge in [-0.1, -0.05) is 44.5 Å². The number of halogens is 1. The number of nitrogens with zero attached hydrogens (tertiary/aromatic N) is 2. The maximum atomic E-state index is 13.1. The van der Waals surface area contributed by atoms with E-state index < -0.39 is 35.6 Å². The fourth-order valence-electron chi connectivity index (χ4n) is 4.40. The number of esters is 1. The number of fused-ring (bicyclic) bond motifs is 1. The van der Waals surface area contributed by atoms with Crippen molar-refractivity contribution >= 4 is 29.6 Å². The summed E-state index contributed by atoms with van der Waals surface area (Å²) in [6.07, 6.45) is -0.784. The lowest BCUT2D eigenvalue weighted by Gasteiger charge is -2.32. The topological polar surface area (TPSA) is 113 Å². The molecule has 0 saturated carbocycles. The molecule has 2 heterocycles. The van der Waals surface area contributed by atoms with Gasteiger partial charge in [0.25, 0.3) is 0 Å². The van der Waals surface area contributed by atoms with Crippen molar-refractivity contribution in [2.75, 3.05) is 13.7 Å². The van der Waals surface area contributed by atoms with Crippen LogP contribution in [0.1, 0.15) is 44.4 Å². The summed E-state index contributed by atoms with van der Waals surface area (Å²) in [5.74, 6) is -1.16. The van der Waals surface area contributed by atoms with Gasteiger partial charge in [-0.15, -0.1) is 0 Å². The van der Waals surface area contributed by atoms with Crippen molar-refractivity contribution in [2.24, 2.45) is 17.1 Å². The number of likely N-dealkylation sites (tertiary alicyclic amines) is 1. The number of carbonyl (C=O) groups is 3. The summed E-state index contributed by atoms with van der Waals surface area (Å²) in [6.45, 7) is 5.96. The van der Waals surface area contributed by atoms with Gasteiger partial charge in [-0.25, -0.2) is 9.59 Å². The van der Waals surface area contributed by atoms with Gasteiger partial charge in [0.2, 0.25) is 5.91 Å². The third-order valence-corrected chi connectivity index (χ3v) is 6.47. The highest BCUT2D eigenvalue weighted by Crippen LogP contribution is 2.46. The third-order valence-electron chi connectivity index (χ3n) is 6.12. The Hall–Kier alpha value is -2.32. The van der Waals surface area contributed by atoms with Crippen molar-refractivity contribution in [3.8, 4) is 0 Å². The molecule has 1 fully saturated rings. The van der Waals surface area contributed by atoms with Crippen LogP contribution in [0.4, 0.5) is 4.79 Å². The quantitative estimate of drug-likeness (QED) is 0.703. The Morgan fingerprint density at radius 2 is 1.93 bits per heavy atom. The molecule has 1 aromatic rings. The average molecular weight is 438 g/mol. The van der Waals surface area contributed by atoms with Gasteiger partial charge in [0, 0.05) is 17.5 Å². The van der Waals surface area contributed by atoms with E-state index in [0.717, 1.165) is 11.1 Å². The van der Waals surface area contributed by atoms with Crippen LogP contribution in [0.2, 0.25) is 5.02 Å². The highest BCUT2D eigenvalue weighted by atomic mass is 35.5. The first-order valence-corrected chi connectivity index (χ1v) is 10.3. The number of nitrogens with two attached hydrogens (primary N) is 1. The van der Waals surface area contributed by atoms with Crippen LogP contribution in [0, 0.1) is 11.3 Å². The SMILES string of the molecule is COC(=O)[C@@H]1C[C@@H](C2c3cccc(Cl)c3CN2C(=O)O)CN1C(=O)C(N)C(C)(C)C. The van der Waals surface area contributed by atoms with Crippen molar-refractivity contribution in [1.29, 1.82) is 0 Å². The lowest BCUT2D eigenvalue weighted by molar-refractivity contribution is -0.152. The molecule has 0 radical (unpaired) electrons. The maximum Gasteiger partial charge on any atom is 0.408 e. The second-order valence-corrected chi connectivity index (χ2v) is 9.44. The number of benzene rings is 1. The van der Waals surface area contributed by atoms with Crippen LogP contribution in [0.25, 0.3) is 0 Å². The summed E-state index contributed by atoms with van der Waals surface area (Å²) in [5.41, 5.74) is 7.27. The van der Waals surface area contributed by atoms with E-state index in [1.807, 2.05) is 26.8 Å². The molecule has 30 heavy (non-hydrogen) atoms. The highest BCUT2D eigenvalue weighted by molar-refractivity contribution is 6.31.